The number of halogens is 1. The summed E-state index contributed by atoms with van der Waals surface area (Å²) in [6.45, 7) is 3.33. The van der Waals surface area contributed by atoms with Gasteiger partial charge in [-0.1, -0.05) is 6.07 Å². The Balaban J connectivity index is 3.26. The Labute approximate surface area is 76.2 Å². The van der Waals surface area contributed by atoms with Gasteiger partial charge in [0.15, 0.2) is 0 Å². The Morgan fingerprint density at radius 3 is 2.54 bits per heavy atom. The predicted octanol–water partition coefficient (Wildman–Crippen LogP) is 2.33. The van der Waals surface area contributed by atoms with Crippen LogP contribution in [0.5, 0.6) is 5.75 Å². The molecule has 0 heterocycles. The summed E-state index contributed by atoms with van der Waals surface area (Å²) in [5.74, 6) is -0.679. The summed E-state index contributed by atoms with van der Waals surface area (Å²) in [7, 11) is 0. The van der Waals surface area contributed by atoms with Crippen molar-refractivity contribution in [3.8, 4) is 11.8 Å². The fourth-order valence-corrected chi connectivity index (χ4v) is 1.09. The molecule has 0 fully saturated rings. The minimum Gasteiger partial charge on any atom is -0.508 e. The molecular formula is C10H10FNO. The van der Waals surface area contributed by atoms with E-state index in [-0.39, 0.29) is 5.75 Å². The molecule has 0 atom stereocenters. The van der Waals surface area contributed by atoms with Crippen LogP contribution in [-0.4, -0.2) is 5.11 Å². The highest BCUT2D eigenvalue weighted by Gasteiger charge is 2.23. The second kappa shape index (κ2) is 3.06. The summed E-state index contributed by atoms with van der Waals surface area (Å²) in [6.07, 6.45) is 0. The second-order valence-electron chi connectivity index (χ2n) is 3.40. The Morgan fingerprint density at radius 2 is 2.08 bits per heavy atom. The minimum atomic E-state index is -0.794. The molecule has 0 amide bonds. The molecule has 0 aromatic heterocycles. The molecule has 3 heteroatoms. The van der Waals surface area contributed by atoms with Crippen molar-refractivity contribution in [3.63, 3.8) is 0 Å². The van der Waals surface area contributed by atoms with Gasteiger partial charge in [-0.3, -0.25) is 0 Å². The van der Waals surface area contributed by atoms with E-state index >= 15 is 0 Å². The van der Waals surface area contributed by atoms with Gasteiger partial charge in [0.2, 0.25) is 0 Å². The van der Waals surface area contributed by atoms with Crippen LogP contribution in [-0.2, 0) is 5.41 Å². The maximum Gasteiger partial charge on any atom is 0.126 e. The highest BCUT2D eigenvalue weighted by Crippen LogP contribution is 2.30. The van der Waals surface area contributed by atoms with E-state index in [4.69, 9.17) is 5.26 Å². The van der Waals surface area contributed by atoms with Gasteiger partial charge in [0.25, 0.3) is 0 Å². The summed E-state index contributed by atoms with van der Waals surface area (Å²) in [5.41, 5.74) is -0.353. The Hall–Kier alpha value is -1.56. The van der Waals surface area contributed by atoms with Gasteiger partial charge in [0.1, 0.15) is 11.6 Å². The zero-order valence-corrected chi connectivity index (χ0v) is 7.50. The number of nitrogens with zero attached hydrogens (tertiary/aromatic N) is 1. The summed E-state index contributed by atoms with van der Waals surface area (Å²) in [4.78, 5) is 0. The van der Waals surface area contributed by atoms with Crippen molar-refractivity contribution in [1.82, 2.24) is 0 Å². The molecule has 0 radical (unpaired) electrons. The third-order valence-corrected chi connectivity index (χ3v) is 1.91. The molecule has 0 aliphatic heterocycles. The van der Waals surface area contributed by atoms with Crippen LogP contribution < -0.4 is 0 Å². The van der Waals surface area contributed by atoms with Crippen molar-refractivity contribution in [3.05, 3.63) is 29.6 Å². The molecule has 0 unspecified atom stereocenters. The van der Waals surface area contributed by atoms with Crippen molar-refractivity contribution < 1.29 is 9.50 Å². The first kappa shape index (κ1) is 9.53. The van der Waals surface area contributed by atoms with Crippen molar-refractivity contribution in [1.29, 1.82) is 5.26 Å². The average Bonchev–Trinajstić information content (AvgIpc) is 2.03. The fourth-order valence-electron chi connectivity index (χ4n) is 1.09. The quantitative estimate of drug-likeness (QED) is 0.719. The van der Waals surface area contributed by atoms with Crippen LogP contribution in [0.2, 0.25) is 0 Å². The Morgan fingerprint density at radius 1 is 1.46 bits per heavy atom. The molecule has 2 nitrogen and oxygen atoms in total. The normalized spacial score (nSPS) is 10.9. The Bertz CT molecular complexity index is 366. The van der Waals surface area contributed by atoms with E-state index in [2.05, 4.69) is 0 Å². The molecule has 1 aromatic rings. The van der Waals surface area contributed by atoms with Crippen LogP contribution in [0.1, 0.15) is 19.4 Å². The number of phenols is 1. The van der Waals surface area contributed by atoms with E-state index in [0.29, 0.717) is 5.56 Å². The lowest BCUT2D eigenvalue weighted by Gasteiger charge is -2.16. The zero-order valence-electron chi connectivity index (χ0n) is 7.50. The van der Waals surface area contributed by atoms with E-state index in [9.17, 15) is 9.50 Å². The van der Waals surface area contributed by atoms with E-state index in [1.165, 1.54) is 12.1 Å². The number of hydrogen-bond donors (Lipinski definition) is 1. The summed E-state index contributed by atoms with van der Waals surface area (Å²) in [6, 6.07) is 5.70. The maximum absolute atomic E-state index is 12.6. The first-order valence-corrected chi connectivity index (χ1v) is 3.87. The number of phenolic OH excluding ortho intramolecular Hbond substituents is 1. The van der Waals surface area contributed by atoms with Crippen LogP contribution in [0.25, 0.3) is 0 Å². The van der Waals surface area contributed by atoms with Crippen LogP contribution in [0.15, 0.2) is 18.2 Å². The lowest BCUT2D eigenvalue weighted by Crippen LogP contribution is -2.13. The van der Waals surface area contributed by atoms with Crippen LogP contribution >= 0.6 is 0 Å². The summed E-state index contributed by atoms with van der Waals surface area (Å²) in [5, 5.41) is 18.2. The first-order chi connectivity index (χ1) is 5.97. The molecule has 13 heavy (non-hydrogen) atoms. The molecule has 68 valence electrons. The molecule has 0 bridgehead atoms. The van der Waals surface area contributed by atoms with Crippen LogP contribution in [0.4, 0.5) is 4.39 Å². The van der Waals surface area contributed by atoms with E-state index in [1.807, 2.05) is 6.07 Å². The van der Waals surface area contributed by atoms with Gasteiger partial charge in [-0.05, 0) is 19.9 Å². The molecule has 0 aliphatic rings. The maximum atomic E-state index is 12.6. The van der Waals surface area contributed by atoms with Gasteiger partial charge in [-0.2, -0.15) is 5.26 Å². The van der Waals surface area contributed by atoms with E-state index < -0.39 is 11.2 Å². The molecule has 1 rings (SSSR count). The molecule has 0 saturated carbocycles. The third kappa shape index (κ3) is 1.78. The molecule has 0 saturated heterocycles. The van der Waals surface area contributed by atoms with Gasteiger partial charge < -0.3 is 5.11 Å². The van der Waals surface area contributed by atoms with Gasteiger partial charge in [0, 0.05) is 11.6 Å². The third-order valence-electron chi connectivity index (χ3n) is 1.91. The smallest absolute Gasteiger partial charge is 0.126 e. The highest BCUT2D eigenvalue weighted by atomic mass is 19.1. The second-order valence-corrected chi connectivity index (χ2v) is 3.40. The lowest BCUT2D eigenvalue weighted by molar-refractivity contribution is 0.451. The van der Waals surface area contributed by atoms with Gasteiger partial charge in [-0.15, -0.1) is 0 Å². The Kier molecular flexibility index (Phi) is 2.24. The zero-order chi connectivity index (χ0) is 10.1. The SMILES string of the molecule is CC(C)(C#N)c1ccc(F)cc1O. The number of rotatable bonds is 1. The average molecular weight is 179 g/mol. The van der Waals surface area contributed by atoms with E-state index in [0.717, 1.165) is 6.07 Å². The van der Waals surface area contributed by atoms with Gasteiger partial charge in [0.05, 0.1) is 11.5 Å². The number of hydrogen-bond acceptors (Lipinski definition) is 2. The fraction of sp³-hybridized carbons (Fsp3) is 0.300. The largest absolute Gasteiger partial charge is 0.508 e. The van der Waals surface area contributed by atoms with Crippen LogP contribution in [0, 0.1) is 17.1 Å². The van der Waals surface area contributed by atoms with Crippen LogP contribution in [0.3, 0.4) is 0 Å². The van der Waals surface area contributed by atoms with Crippen molar-refractivity contribution in [2.75, 3.05) is 0 Å². The molecule has 0 aliphatic carbocycles. The highest BCUT2D eigenvalue weighted by molar-refractivity contribution is 5.41. The number of benzene rings is 1. The van der Waals surface area contributed by atoms with Crippen molar-refractivity contribution in [2.24, 2.45) is 0 Å². The predicted molar refractivity (Wildman–Crippen MR) is 46.7 cm³/mol. The first-order valence-electron chi connectivity index (χ1n) is 3.87. The standard InChI is InChI=1S/C10H10FNO/c1-10(2,6-12)8-4-3-7(11)5-9(8)13/h3-5,13H,1-2H3. The lowest BCUT2D eigenvalue weighted by atomic mass is 9.86. The summed E-state index contributed by atoms with van der Waals surface area (Å²) < 4.78 is 12.6. The molecule has 1 N–H and O–H groups in total. The van der Waals surface area contributed by atoms with Crippen molar-refractivity contribution >= 4 is 0 Å². The monoisotopic (exact) mass is 179 g/mol. The summed E-state index contributed by atoms with van der Waals surface area (Å²) >= 11 is 0. The number of nitriles is 1. The molecule has 1 aromatic carbocycles. The van der Waals surface area contributed by atoms with Gasteiger partial charge >= 0.3 is 0 Å². The molecule has 0 spiro atoms. The molecular weight excluding hydrogens is 169 g/mol. The van der Waals surface area contributed by atoms with Crippen molar-refractivity contribution in [2.45, 2.75) is 19.3 Å². The van der Waals surface area contributed by atoms with E-state index in [1.54, 1.807) is 13.8 Å². The van der Waals surface area contributed by atoms with Gasteiger partial charge in [-0.25, -0.2) is 4.39 Å². The minimum absolute atomic E-state index is 0.174. The topological polar surface area (TPSA) is 44.0 Å². The number of aromatic hydroxyl groups is 1.